The zero-order valence-electron chi connectivity index (χ0n) is 17.0. The van der Waals surface area contributed by atoms with Crippen molar-refractivity contribution >= 4 is 29.1 Å². The van der Waals surface area contributed by atoms with Crippen LogP contribution in [0.5, 0.6) is 0 Å². The number of ether oxygens (including phenoxy) is 1. The van der Waals surface area contributed by atoms with Crippen LogP contribution in [0.4, 0.5) is 5.69 Å². The number of hydrogen-bond donors (Lipinski definition) is 1. The quantitative estimate of drug-likeness (QED) is 0.513. The Bertz CT molecular complexity index is 1240. The molecule has 0 aromatic heterocycles. The highest BCUT2D eigenvalue weighted by atomic mass is 16.5. The Morgan fingerprint density at radius 3 is 2.10 bits per heavy atom. The van der Waals surface area contributed by atoms with E-state index in [-0.39, 0.29) is 28.4 Å². The Labute approximate surface area is 178 Å². The minimum Gasteiger partial charge on any atom is -0.452 e. The van der Waals surface area contributed by atoms with Crippen molar-refractivity contribution in [2.24, 2.45) is 0 Å². The summed E-state index contributed by atoms with van der Waals surface area (Å²) in [5.74, 6) is -1.83. The van der Waals surface area contributed by atoms with Crippen molar-refractivity contribution in [1.82, 2.24) is 0 Å². The van der Waals surface area contributed by atoms with Crippen LogP contribution in [0.1, 0.15) is 53.3 Å². The van der Waals surface area contributed by atoms with Gasteiger partial charge in [0.1, 0.15) is 0 Å². The second-order valence-corrected chi connectivity index (χ2v) is 7.43. The molecule has 1 amide bonds. The highest BCUT2D eigenvalue weighted by molar-refractivity contribution is 6.30. The van der Waals surface area contributed by atoms with Crippen molar-refractivity contribution in [3.05, 3.63) is 99.6 Å². The van der Waals surface area contributed by atoms with Gasteiger partial charge in [-0.2, -0.15) is 0 Å². The molecule has 0 radical (unpaired) electrons. The van der Waals surface area contributed by atoms with Gasteiger partial charge in [0.25, 0.3) is 5.91 Å². The van der Waals surface area contributed by atoms with Gasteiger partial charge >= 0.3 is 5.97 Å². The molecular formula is C25H19NO5. The molecule has 0 fully saturated rings. The van der Waals surface area contributed by atoms with Crippen LogP contribution >= 0.6 is 0 Å². The Kier molecular flexibility index (Phi) is 5.21. The van der Waals surface area contributed by atoms with Gasteiger partial charge in [-0.1, -0.05) is 53.6 Å². The largest absolute Gasteiger partial charge is 0.452 e. The molecule has 154 valence electrons. The lowest BCUT2D eigenvalue weighted by Crippen LogP contribution is -2.26. The average Bonchev–Trinajstić information content (AvgIpc) is 2.75. The molecule has 0 saturated heterocycles. The molecule has 3 aromatic rings. The van der Waals surface area contributed by atoms with Gasteiger partial charge in [0, 0.05) is 16.7 Å². The predicted molar refractivity (Wildman–Crippen MR) is 115 cm³/mol. The van der Waals surface area contributed by atoms with E-state index in [0.29, 0.717) is 16.7 Å². The molecule has 0 aliphatic heterocycles. The molecular weight excluding hydrogens is 394 g/mol. The van der Waals surface area contributed by atoms with Crippen LogP contribution in [0.15, 0.2) is 60.7 Å². The van der Waals surface area contributed by atoms with Gasteiger partial charge in [-0.25, -0.2) is 4.79 Å². The van der Waals surface area contributed by atoms with Crippen LogP contribution in [-0.2, 0) is 9.53 Å². The number of ketones is 2. The highest BCUT2D eigenvalue weighted by Gasteiger charge is 2.31. The summed E-state index contributed by atoms with van der Waals surface area (Å²) in [4.78, 5) is 50.5. The zero-order chi connectivity index (χ0) is 22.1. The van der Waals surface area contributed by atoms with Crippen LogP contribution in [-0.4, -0.2) is 30.0 Å². The number of esters is 1. The van der Waals surface area contributed by atoms with Gasteiger partial charge < -0.3 is 10.1 Å². The summed E-state index contributed by atoms with van der Waals surface area (Å²) >= 11 is 0. The molecule has 6 heteroatoms. The molecule has 6 nitrogen and oxygen atoms in total. The Morgan fingerprint density at radius 1 is 0.806 bits per heavy atom. The van der Waals surface area contributed by atoms with E-state index in [9.17, 15) is 19.2 Å². The predicted octanol–water partition coefficient (Wildman–Crippen LogP) is 3.87. The minimum absolute atomic E-state index is 0.139. The van der Waals surface area contributed by atoms with E-state index in [1.54, 1.807) is 54.6 Å². The Morgan fingerprint density at radius 2 is 1.42 bits per heavy atom. The minimum atomic E-state index is -0.614. The van der Waals surface area contributed by atoms with Gasteiger partial charge in [0.15, 0.2) is 18.2 Å². The first kappa shape index (κ1) is 20.2. The first-order chi connectivity index (χ1) is 14.8. The van der Waals surface area contributed by atoms with Crippen molar-refractivity contribution in [3.8, 4) is 0 Å². The molecule has 0 unspecified atom stereocenters. The fourth-order valence-electron chi connectivity index (χ4n) is 3.74. The lowest BCUT2D eigenvalue weighted by molar-refractivity contribution is -0.119. The molecule has 1 aliphatic rings. The molecule has 0 atom stereocenters. The van der Waals surface area contributed by atoms with Crippen LogP contribution in [0, 0.1) is 13.8 Å². The average molecular weight is 413 g/mol. The molecule has 4 rings (SSSR count). The number of nitrogens with one attached hydrogen (secondary N) is 1. The Balaban J connectivity index is 1.52. The second kappa shape index (κ2) is 7.99. The van der Waals surface area contributed by atoms with Crippen molar-refractivity contribution in [2.45, 2.75) is 13.8 Å². The molecule has 0 bridgehead atoms. The highest BCUT2D eigenvalue weighted by Crippen LogP contribution is 2.31. The van der Waals surface area contributed by atoms with Crippen molar-refractivity contribution in [2.75, 3.05) is 11.9 Å². The van der Waals surface area contributed by atoms with Gasteiger partial charge in [-0.3, -0.25) is 14.4 Å². The van der Waals surface area contributed by atoms with Gasteiger partial charge in [0.05, 0.1) is 16.8 Å². The number of hydrogen-bond acceptors (Lipinski definition) is 5. The molecule has 3 aromatic carbocycles. The third kappa shape index (κ3) is 3.88. The van der Waals surface area contributed by atoms with E-state index in [2.05, 4.69) is 5.32 Å². The standard InChI is InChI=1S/C25H19NO5/c1-14-10-15(2)12-16(11-14)25(30)31-13-21(27)26-20-9-5-8-19-22(20)24(29)18-7-4-3-6-17(18)23(19)28/h3-12H,13H2,1-2H3,(H,26,27). The smallest absolute Gasteiger partial charge is 0.338 e. The number of amides is 1. The van der Waals surface area contributed by atoms with E-state index in [4.69, 9.17) is 4.74 Å². The summed E-state index contributed by atoms with van der Waals surface area (Å²) in [6.07, 6.45) is 0. The molecule has 0 spiro atoms. The molecule has 31 heavy (non-hydrogen) atoms. The molecule has 0 heterocycles. The van der Waals surface area contributed by atoms with E-state index in [1.807, 2.05) is 19.9 Å². The number of aryl methyl sites for hydroxylation is 2. The maximum Gasteiger partial charge on any atom is 0.338 e. The topological polar surface area (TPSA) is 89.5 Å². The first-order valence-electron chi connectivity index (χ1n) is 9.72. The van der Waals surface area contributed by atoms with Crippen molar-refractivity contribution in [3.63, 3.8) is 0 Å². The first-order valence-corrected chi connectivity index (χ1v) is 9.72. The Hall–Kier alpha value is -4.06. The number of benzene rings is 3. The van der Waals surface area contributed by atoms with Crippen LogP contribution in [0.2, 0.25) is 0 Å². The molecule has 1 N–H and O–H groups in total. The monoisotopic (exact) mass is 413 g/mol. The second-order valence-electron chi connectivity index (χ2n) is 7.43. The van der Waals surface area contributed by atoms with Gasteiger partial charge in [0.2, 0.25) is 0 Å². The number of anilines is 1. The van der Waals surface area contributed by atoms with Crippen molar-refractivity contribution in [1.29, 1.82) is 0 Å². The lowest BCUT2D eigenvalue weighted by Gasteiger charge is -2.20. The maximum atomic E-state index is 13.0. The molecule has 1 aliphatic carbocycles. The SMILES string of the molecule is Cc1cc(C)cc(C(=O)OCC(=O)Nc2cccc3c2C(=O)c2ccccc2C3=O)c1. The summed E-state index contributed by atoms with van der Waals surface area (Å²) in [7, 11) is 0. The summed E-state index contributed by atoms with van der Waals surface area (Å²) < 4.78 is 5.12. The third-order valence-electron chi connectivity index (χ3n) is 5.02. The zero-order valence-corrected chi connectivity index (χ0v) is 17.0. The summed E-state index contributed by atoms with van der Waals surface area (Å²) in [6, 6.07) is 16.6. The fourth-order valence-corrected chi connectivity index (χ4v) is 3.74. The number of rotatable bonds is 4. The van der Waals surface area contributed by atoms with Crippen LogP contribution in [0.25, 0.3) is 0 Å². The fraction of sp³-hybridized carbons (Fsp3) is 0.120. The normalized spacial score (nSPS) is 12.1. The van der Waals surface area contributed by atoms with E-state index in [1.165, 1.54) is 0 Å². The third-order valence-corrected chi connectivity index (χ3v) is 5.02. The maximum absolute atomic E-state index is 13.0. The number of carbonyl (C=O) groups is 4. The van der Waals surface area contributed by atoms with Crippen LogP contribution in [0.3, 0.4) is 0 Å². The summed E-state index contributed by atoms with van der Waals surface area (Å²) in [5, 5.41) is 2.59. The van der Waals surface area contributed by atoms with E-state index in [0.717, 1.165) is 11.1 Å². The molecule has 0 saturated carbocycles. The summed E-state index contributed by atoms with van der Waals surface area (Å²) in [5.41, 5.74) is 3.40. The van der Waals surface area contributed by atoms with Gasteiger partial charge in [-0.15, -0.1) is 0 Å². The van der Waals surface area contributed by atoms with Gasteiger partial charge in [-0.05, 0) is 32.0 Å². The number of carbonyl (C=O) groups excluding carboxylic acids is 4. The van der Waals surface area contributed by atoms with E-state index >= 15 is 0 Å². The lowest BCUT2D eigenvalue weighted by atomic mass is 9.83. The van der Waals surface area contributed by atoms with Crippen molar-refractivity contribution < 1.29 is 23.9 Å². The summed E-state index contributed by atoms with van der Waals surface area (Å²) in [6.45, 7) is 3.21. The number of fused-ring (bicyclic) bond motifs is 2. The van der Waals surface area contributed by atoms with Crippen LogP contribution < -0.4 is 5.32 Å². The van der Waals surface area contributed by atoms with E-state index < -0.39 is 18.5 Å².